The number of carbonyl (C=O) groups is 1. The number of halogens is 1. The molecule has 0 radical (unpaired) electrons. The predicted molar refractivity (Wildman–Crippen MR) is 152 cm³/mol. The van der Waals surface area contributed by atoms with Crippen molar-refractivity contribution in [2.45, 2.75) is 11.5 Å². The fourth-order valence-corrected chi connectivity index (χ4v) is 5.22. The van der Waals surface area contributed by atoms with Crippen molar-refractivity contribution in [2.24, 2.45) is 5.10 Å². The molecular weight excluding hydrogens is 538 g/mol. The molecule has 0 saturated carbocycles. The van der Waals surface area contributed by atoms with Crippen LogP contribution in [0, 0.1) is 0 Å². The molecule has 0 aromatic heterocycles. The largest absolute Gasteiger partial charge is 0.495 e. The fourth-order valence-electron chi connectivity index (χ4n) is 3.61. The quantitative estimate of drug-likeness (QED) is 0.198. The number of ether oxygens (including phenoxy) is 2. The Balaban J connectivity index is 1.45. The Morgan fingerprint density at radius 3 is 2.28 bits per heavy atom. The highest BCUT2D eigenvalue weighted by molar-refractivity contribution is 7.92. The van der Waals surface area contributed by atoms with Crippen LogP contribution in [0.3, 0.4) is 0 Å². The molecule has 0 fully saturated rings. The van der Waals surface area contributed by atoms with Crippen LogP contribution in [-0.4, -0.2) is 34.2 Å². The van der Waals surface area contributed by atoms with E-state index >= 15 is 0 Å². The van der Waals surface area contributed by atoms with E-state index in [0.29, 0.717) is 17.9 Å². The van der Waals surface area contributed by atoms with E-state index in [1.165, 1.54) is 37.6 Å². The Labute approximate surface area is 232 Å². The molecule has 39 heavy (non-hydrogen) atoms. The predicted octanol–water partition coefficient (Wildman–Crippen LogP) is 5.27. The molecule has 0 unspecified atom stereocenters. The maximum Gasteiger partial charge on any atom is 0.264 e. The average Bonchev–Trinajstić information content (AvgIpc) is 2.96. The summed E-state index contributed by atoms with van der Waals surface area (Å²) in [6, 6.07) is 29.3. The number of sulfonamides is 1. The van der Waals surface area contributed by atoms with E-state index in [1.807, 2.05) is 30.3 Å². The van der Waals surface area contributed by atoms with Crippen LogP contribution in [0.2, 0.25) is 5.02 Å². The third-order valence-corrected chi connectivity index (χ3v) is 7.57. The van der Waals surface area contributed by atoms with Gasteiger partial charge in [0.05, 0.1) is 23.9 Å². The lowest BCUT2D eigenvalue weighted by atomic mass is 10.2. The molecule has 0 atom stereocenters. The van der Waals surface area contributed by atoms with Gasteiger partial charge in [0.2, 0.25) is 0 Å². The Morgan fingerprint density at radius 2 is 1.62 bits per heavy atom. The minimum absolute atomic E-state index is 0.0119. The van der Waals surface area contributed by atoms with Crippen molar-refractivity contribution in [3.63, 3.8) is 0 Å². The van der Waals surface area contributed by atoms with Gasteiger partial charge in [-0.1, -0.05) is 60.1 Å². The number of hydrazone groups is 1. The van der Waals surface area contributed by atoms with Crippen molar-refractivity contribution in [1.82, 2.24) is 5.43 Å². The SMILES string of the molecule is COc1ccc(Cl)cc1N(CC(=O)N/N=C/c1ccc(OCc2ccccc2)cc1)S(=O)(=O)c1ccccc1. The van der Waals surface area contributed by atoms with E-state index in [0.717, 1.165) is 9.87 Å². The summed E-state index contributed by atoms with van der Waals surface area (Å²) in [5.74, 6) is 0.276. The zero-order valence-electron chi connectivity index (χ0n) is 21.0. The molecule has 0 aliphatic rings. The maximum atomic E-state index is 13.5. The number of methoxy groups -OCH3 is 1. The smallest absolute Gasteiger partial charge is 0.264 e. The van der Waals surface area contributed by atoms with Gasteiger partial charge in [-0.3, -0.25) is 9.10 Å². The summed E-state index contributed by atoms with van der Waals surface area (Å²) >= 11 is 6.15. The van der Waals surface area contributed by atoms with Gasteiger partial charge in [-0.2, -0.15) is 5.10 Å². The molecule has 4 rings (SSSR count). The summed E-state index contributed by atoms with van der Waals surface area (Å²) in [7, 11) is -2.73. The second-order valence-electron chi connectivity index (χ2n) is 8.28. The molecule has 0 saturated heterocycles. The third kappa shape index (κ3) is 7.37. The summed E-state index contributed by atoms with van der Waals surface area (Å²) in [6.45, 7) is -0.109. The Hall–Kier alpha value is -4.34. The number of nitrogens with one attached hydrogen (secondary N) is 1. The van der Waals surface area contributed by atoms with Gasteiger partial charge in [0.1, 0.15) is 24.7 Å². The minimum Gasteiger partial charge on any atom is -0.495 e. The number of amides is 1. The van der Waals surface area contributed by atoms with Crippen molar-refractivity contribution < 1.29 is 22.7 Å². The lowest BCUT2D eigenvalue weighted by Crippen LogP contribution is -2.39. The van der Waals surface area contributed by atoms with Gasteiger partial charge in [0.15, 0.2) is 0 Å². The van der Waals surface area contributed by atoms with Crippen LogP contribution in [0.15, 0.2) is 113 Å². The van der Waals surface area contributed by atoms with Crippen LogP contribution >= 0.6 is 11.6 Å². The molecular formula is C29H26ClN3O5S. The van der Waals surface area contributed by atoms with Crippen molar-refractivity contribution in [1.29, 1.82) is 0 Å². The molecule has 1 N–H and O–H groups in total. The molecule has 200 valence electrons. The van der Waals surface area contributed by atoms with Crippen LogP contribution in [0.25, 0.3) is 0 Å². The van der Waals surface area contributed by atoms with E-state index in [2.05, 4.69) is 10.5 Å². The van der Waals surface area contributed by atoms with E-state index < -0.39 is 22.5 Å². The fraction of sp³-hybridized carbons (Fsp3) is 0.103. The van der Waals surface area contributed by atoms with Gasteiger partial charge < -0.3 is 9.47 Å². The first-order valence-corrected chi connectivity index (χ1v) is 13.7. The van der Waals surface area contributed by atoms with E-state index in [9.17, 15) is 13.2 Å². The van der Waals surface area contributed by atoms with Crippen molar-refractivity contribution >= 4 is 39.4 Å². The Kier molecular flexibility index (Phi) is 9.19. The first kappa shape index (κ1) is 27.7. The average molecular weight is 564 g/mol. The van der Waals surface area contributed by atoms with Gasteiger partial charge in [-0.05, 0) is 65.7 Å². The second kappa shape index (κ2) is 12.9. The summed E-state index contributed by atoms with van der Waals surface area (Å²) in [5, 5.41) is 4.27. The Morgan fingerprint density at radius 1 is 0.949 bits per heavy atom. The summed E-state index contributed by atoms with van der Waals surface area (Å²) in [4.78, 5) is 12.8. The summed E-state index contributed by atoms with van der Waals surface area (Å²) < 4.78 is 39.1. The molecule has 1 amide bonds. The van der Waals surface area contributed by atoms with Crippen molar-refractivity contribution in [2.75, 3.05) is 18.0 Å². The summed E-state index contributed by atoms with van der Waals surface area (Å²) in [6.07, 6.45) is 1.45. The van der Waals surface area contributed by atoms with Gasteiger partial charge in [0.25, 0.3) is 15.9 Å². The molecule has 0 heterocycles. The second-order valence-corrected chi connectivity index (χ2v) is 10.6. The summed E-state index contributed by atoms with van der Waals surface area (Å²) in [5.41, 5.74) is 4.29. The zero-order valence-corrected chi connectivity index (χ0v) is 22.6. The minimum atomic E-state index is -4.14. The first-order chi connectivity index (χ1) is 18.9. The number of hydrogen-bond donors (Lipinski definition) is 1. The van der Waals surface area contributed by atoms with Crippen LogP contribution < -0.4 is 19.2 Å². The van der Waals surface area contributed by atoms with E-state index in [-0.39, 0.29) is 21.4 Å². The first-order valence-electron chi connectivity index (χ1n) is 11.9. The van der Waals surface area contributed by atoms with Crippen LogP contribution in [0.5, 0.6) is 11.5 Å². The highest BCUT2D eigenvalue weighted by atomic mass is 35.5. The number of anilines is 1. The van der Waals surface area contributed by atoms with Gasteiger partial charge in [-0.25, -0.2) is 13.8 Å². The Bertz CT molecular complexity index is 1530. The molecule has 4 aromatic carbocycles. The standard InChI is InChI=1S/C29H26ClN3O5S/c1-37-28-17-14-24(30)18-27(28)33(39(35,36)26-10-6-3-7-11-26)20-29(34)32-31-19-22-12-15-25(16-13-22)38-21-23-8-4-2-5-9-23/h2-19H,20-21H2,1H3,(H,32,34)/b31-19+. The molecule has 0 spiro atoms. The van der Waals surface area contributed by atoms with Crippen molar-refractivity contribution in [3.8, 4) is 11.5 Å². The highest BCUT2D eigenvalue weighted by Crippen LogP contribution is 2.34. The van der Waals surface area contributed by atoms with Crippen LogP contribution in [0.1, 0.15) is 11.1 Å². The van der Waals surface area contributed by atoms with Crippen LogP contribution in [-0.2, 0) is 21.4 Å². The molecule has 0 aliphatic carbocycles. The number of hydrogen-bond acceptors (Lipinski definition) is 6. The maximum absolute atomic E-state index is 13.5. The molecule has 8 nitrogen and oxygen atoms in total. The van der Waals surface area contributed by atoms with E-state index in [4.69, 9.17) is 21.1 Å². The van der Waals surface area contributed by atoms with Crippen LogP contribution in [0.4, 0.5) is 5.69 Å². The normalized spacial score (nSPS) is 11.2. The molecule has 0 bridgehead atoms. The zero-order chi connectivity index (χ0) is 27.7. The third-order valence-electron chi connectivity index (χ3n) is 5.56. The number of rotatable bonds is 11. The lowest BCUT2D eigenvalue weighted by molar-refractivity contribution is -0.119. The number of benzene rings is 4. The number of nitrogens with zero attached hydrogens (tertiary/aromatic N) is 2. The highest BCUT2D eigenvalue weighted by Gasteiger charge is 2.29. The van der Waals surface area contributed by atoms with Crippen molar-refractivity contribution in [3.05, 3.63) is 119 Å². The monoisotopic (exact) mass is 563 g/mol. The molecule has 0 aliphatic heterocycles. The molecule has 4 aromatic rings. The van der Waals surface area contributed by atoms with Gasteiger partial charge in [-0.15, -0.1) is 0 Å². The molecule has 10 heteroatoms. The van der Waals surface area contributed by atoms with Gasteiger partial charge in [0, 0.05) is 5.02 Å². The van der Waals surface area contributed by atoms with Gasteiger partial charge >= 0.3 is 0 Å². The van der Waals surface area contributed by atoms with E-state index in [1.54, 1.807) is 48.5 Å². The number of carbonyl (C=O) groups excluding carboxylic acids is 1. The lowest BCUT2D eigenvalue weighted by Gasteiger charge is -2.25. The topological polar surface area (TPSA) is 97.3 Å².